The molecule has 3 rings (SSSR count). The van der Waals surface area contributed by atoms with Crippen molar-refractivity contribution in [2.24, 2.45) is 7.05 Å². The molecule has 1 aromatic carbocycles. The van der Waals surface area contributed by atoms with Crippen LogP contribution in [0.1, 0.15) is 10.4 Å². The summed E-state index contributed by atoms with van der Waals surface area (Å²) in [5.41, 5.74) is 1.37. The van der Waals surface area contributed by atoms with Gasteiger partial charge >= 0.3 is 5.63 Å². The Morgan fingerprint density at radius 2 is 2.05 bits per heavy atom. The van der Waals surface area contributed by atoms with E-state index in [1.807, 2.05) is 42.1 Å². The van der Waals surface area contributed by atoms with Crippen LogP contribution < -0.4 is 10.4 Å². The zero-order chi connectivity index (χ0) is 15.0. The summed E-state index contributed by atoms with van der Waals surface area (Å²) in [4.78, 5) is 23.1. The van der Waals surface area contributed by atoms with Crippen molar-refractivity contribution in [2.45, 2.75) is 0 Å². The van der Waals surface area contributed by atoms with E-state index in [4.69, 9.17) is 9.15 Å². The fourth-order valence-electron chi connectivity index (χ4n) is 2.43. The van der Waals surface area contributed by atoms with Gasteiger partial charge in [-0.15, -0.1) is 0 Å². The van der Waals surface area contributed by atoms with E-state index in [0.29, 0.717) is 11.8 Å². The zero-order valence-corrected chi connectivity index (χ0v) is 11.6. The maximum absolute atomic E-state index is 11.8. The van der Waals surface area contributed by atoms with E-state index in [9.17, 15) is 9.59 Å². The first-order valence-corrected chi connectivity index (χ1v) is 6.37. The highest BCUT2D eigenvalue weighted by Gasteiger charge is 2.17. The smallest absolute Gasteiger partial charge is 0.379 e. The van der Waals surface area contributed by atoms with E-state index >= 15 is 0 Å². The van der Waals surface area contributed by atoms with Crippen LogP contribution in [-0.4, -0.2) is 18.0 Å². The van der Waals surface area contributed by atoms with Crippen LogP contribution in [0.25, 0.3) is 22.2 Å². The van der Waals surface area contributed by atoms with E-state index < -0.39 is 5.63 Å². The molecule has 3 aromatic rings. The minimum atomic E-state index is -0.606. The van der Waals surface area contributed by atoms with Crippen LogP contribution in [0.15, 0.2) is 45.7 Å². The first kappa shape index (κ1) is 13.2. The number of carbonyl (C=O) groups excluding carboxylic acids is 1. The highest BCUT2D eigenvalue weighted by Crippen LogP contribution is 2.32. The van der Waals surface area contributed by atoms with Crippen molar-refractivity contribution < 1.29 is 13.9 Å². The van der Waals surface area contributed by atoms with Gasteiger partial charge < -0.3 is 13.7 Å². The van der Waals surface area contributed by atoms with Crippen LogP contribution in [-0.2, 0) is 7.05 Å². The number of hydrogen-bond acceptors (Lipinski definition) is 4. The number of aromatic nitrogens is 1. The van der Waals surface area contributed by atoms with Crippen LogP contribution in [0, 0.1) is 0 Å². The number of carbonyl (C=O) groups is 1. The van der Waals surface area contributed by atoms with Gasteiger partial charge in [-0.3, -0.25) is 4.79 Å². The summed E-state index contributed by atoms with van der Waals surface area (Å²) >= 11 is 0. The molecule has 21 heavy (non-hydrogen) atoms. The summed E-state index contributed by atoms with van der Waals surface area (Å²) in [5, 5.41) is 0.913. The second-order valence-corrected chi connectivity index (χ2v) is 4.68. The summed E-state index contributed by atoms with van der Waals surface area (Å²) in [6.07, 6.45) is 2.49. The number of ether oxygens (including phenoxy) is 1. The molecule has 0 amide bonds. The number of para-hydroxylation sites is 1. The molecule has 2 aromatic heterocycles. The largest absolute Gasteiger partial charge is 0.490 e. The molecule has 5 nitrogen and oxygen atoms in total. The Kier molecular flexibility index (Phi) is 3.10. The summed E-state index contributed by atoms with van der Waals surface area (Å²) in [6.45, 7) is 0. The fourth-order valence-corrected chi connectivity index (χ4v) is 2.43. The molecule has 0 fully saturated rings. The minimum Gasteiger partial charge on any atom is -0.490 e. The van der Waals surface area contributed by atoms with Crippen molar-refractivity contribution in [2.75, 3.05) is 7.11 Å². The molecule has 0 aliphatic heterocycles. The van der Waals surface area contributed by atoms with Crippen molar-refractivity contribution in [3.05, 3.63) is 52.5 Å². The molecule has 0 saturated heterocycles. The second kappa shape index (κ2) is 4.94. The maximum atomic E-state index is 11.8. The third-order valence-electron chi connectivity index (χ3n) is 3.43. The molecule has 106 valence electrons. The topological polar surface area (TPSA) is 61.4 Å². The Balaban J connectivity index is 2.35. The molecule has 0 aliphatic carbocycles. The number of methoxy groups -OCH3 is 1. The molecule has 0 atom stereocenters. The van der Waals surface area contributed by atoms with Gasteiger partial charge in [-0.2, -0.15) is 0 Å². The highest BCUT2D eigenvalue weighted by molar-refractivity contribution is 5.98. The average molecular weight is 283 g/mol. The van der Waals surface area contributed by atoms with E-state index in [1.54, 1.807) is 0 Å². The molecule has 0 aliphatic rings. The zero-order valence-electron chi connectivity index (χ0n) is 11.6. The van der Waals surface area contributed by atoms with Crippen molar-refractivity contribution in [1.29, 1.82) is 0 Å². The molecule has 2 heterocycles. The van der Waals surface area contributed by atoms with Crippen molar-refractivity contribution in [3.63, 3.8) is 0 Å². The lowest BCUT2D eigenvalue weighted by atomic mass is 10.1. The second-order valence-electron chi connectivity index (χ2n) is 4.68. The minimum absolute atomic E-state index is 0.0149. The quantitative estimate of drug-likeness (QED) is 0.693. The van der Waals surface area contributed by atoms with E-state index in [0.717, 1.165) is 10.9 Å². The Labute approximate surface area is 120 Å². The maximum Gasteiger partial charge on any atom is 0.379 e. The van der Waals surface area contributed by atoms with Gasteiger partial charge in [-0.05, 0) is 6.07 Å². The normalized spacial score (nSPS) is 10.8. The van der Waals surface area contributed by atoms with Gasteiger partial charge in [0.15, 0.2) is 12.0 Å². The molecule has 0 bridgehead atoms. The van der Waals surface area contributed by atoms with Crippen molar-refractivity contribution in [1.82, 2.24) is 4.57 Å². The summed E-state index contributed by atoms with van der Waals surface area (Å²) < 4.78 is 12.1. The summed E-state index contributed by atoms with van der Waals surface area (Å²) in [6, 6.07) is 9.10. The first-order chi connectivity index (χ1) is 10.2. The summed E-state index contributed by atoms with van der Waals surface area (Å²) in [7, 11) is 3.26. The summed E-state index contributed by atoms with van der Waals surface area (Å²) in [5.74, 6) is 0.272. The number of nitrogens with zero attached hydrogens (tertiary/aromatic N) is 1. The molecular formula is C16H13NO4. The van der Waals surface area contributed by atoms with E-state index in [1.165, 1.54) is 13.2 Å². The number of fused-ring (bicyclic) bond motifs is 1. The lowest BCUT2D eigenvalue weighted by molar-refractivity contribution is 0.112. The van der Waals surface area contributed by atoms with Gasteiger partial charge in [0, 0.05) is 35.8 Å². The molecule has 5 heteroatoms. The van der Waals surface area contributed by atoms with Crippen LogP contribution in [0.5, 0.6) is 5.75 Å². The Hall–Kier alpha value is -2.82. The van der Waals surface area contributed by atoms with Gasteiger partial charge in [0.05, 0.1) is 12.7 Å². The van der Waals surface area contributed by atoms with Crippen LogP contribution >= 0.6 is 0 Å². The SMILES string of the molecule is COc1cc(C=O)c(-c2cn(C)c3ccccc23)oc1=O. The predicted molar refractivity (Wildman–Crippen MR) is 78.8 cm³/mol. The fraction of sp³-hybridized carbons (Fsp3) is 0.125. The van der Waals surface area contributed by atoms with E-state index in [-0.39, 0.29) is 17.1 Å². The van der Waals surface area contributed by atoms with Gasteiger partial charge in [0.2, 0.25) is 5.75 Å². The van der Waals surface area contributed by atoms with Gasteiger partial charge in [0.25, 0.3) is 0 Å². The molecular weight excluding hydrogens is 270 g/mol. The number of aryl methyl sites for hydroxylation is 1. The van der Waals surface area contributed by atoms with Crippen molar-refractivity contribution in [3.8, 4) is 17.1 Å². The lowest BCUT2D eigenvalue weighted by Gasteiger charge is -2.04. The standard InChI is InChI=1S/C16H13NO4/c1-17-8-12(11-5-3-4-6-13(11)17)15-10(9-18)7-14(20-2)16(19)21-15/h3-9H,1-2H3. The lowest BCUT2D eigenvalue weighted by Crippen LogP contribution is -2.06. The highest BCUT2D eigenvalue weighted by atomic mass is 16.5. The van der Waals surface area contributed by atoms with Crippen LogP contribution in [0.3, 0.4) is 0 Å². The average Bonchev–Trinajstić information content (AvgIpc) is 2.84. The third kappa shape index (κ3) is 2.03. The van der Waals surface area contributed by atoms with Gasteiger partial charge in [0.1, 0.15) is 0 Å². The predicted octanol–water partition coefficient (Wildman–Crippen LogP) is 2.62. The third-order valence-corrected chi connectivity index (χ3v) is 3.43. The monoisotopic (exact) mass is 283 g/mol. The number of benzene rings is 1. The molecule has 0 N–H and O–H groups in total. The van der Waals surface area contributed by atoms with Crippen LogP contribution in [0.2, 0.25) is 0 Å². The van der Waals surface area contributed by atoms with Gasteiger partial charge in [-0.25, -0.2) is 4.79 Å². The van der Waals surface area contributed by atoms with E-state index in [2.05, 4.69) is 0 Å². The molecule has 0 unspecified atom stereocenters. The first-order valence-electron chi connectivity index (χ1n) is 6.37. The van der Waals surface area contributed by atoms with Crippen LogP contribution in [0.4, 0.5) is 0 Å². The van der Waals surface area contributed by atoms with Crippen molar-refractivity contribution >= 4 is 17.2 Å². The molecule has 0 radical (unpaired) electrons. The molecule has 0 saturated carbocycles. The number of aldehydes is 1. The molecule has 0 spiro atoms. The van der Waals surface area contributed by atoms with Gasteiger partial charge in [-0.1, -0.05) is 18.2 Å². The number of rotatable bonds is 3. The Morgan fingerprint density at radius 1 is 1.29 bits per heavy atom. The number of hydrogen-bond donors (Lipinski definition) is 0. The Bertz CT molecular complexity index is 889. The Morgan fingerprint density at radius 3 is 2.76 bits per heavy atom.